The second-order valence-corrected chi connectivity index (χ2v) is 11.4. The average molecular weight is 467 g/mol. The fraction of sp³-hybridized carbons (Fsp3) is 0.615. The van der Waals surface area contributed by atoms with Gasteiger partial charge in [-0.1, -0.05) is 38.1 Å². The number of hydrogen-bond donors (Lipinski definition) is 3. The summed E-state index contributed by atoms with van der Waals surface area (Å²) < 4.78 is 0. The molecule has 1 aliphatic heterocycles. The summed E-state index contributed by atoms with van der Waals surface area (Å²) in [5.74, 6) is 1.17. The SMILES string of the molecule is CC(C)c1ccc([C@]2(C)NC(=O)N(CC(=O)NC(=O)NC34CC5CC(CC(C5)C3)C4)C2=O)cc1. The van der Waals surface area contributed by atoms with Crippen molar-refractivity contribution in [3.8, 4) is 0 Å². The van der Waals surface area contributed by atoms with Crippen LogP contribution in [0.4, 0.5) is 9.59 Å². The molecule has 1 aromatic rings. The van der Waals surface area contributed by atoms with Crippen molar-refractivity contribution >= 4 is 23.9 Å². The number of amides is 6. The molecule has 1 heterocycles. The van der Waals surface area contributed by atoms with Gasteiger partial charge in [0.15, 0.2) is 0 Å². The summed E-state index contributed by atoms with van der Waals surface area (Å²) >= 11 is 0. The molecule has 1 aromatic carbocycles. The normalized spacial score (nSPS) is 33.9. The van der Waals surface area contributed by atoms with E-state index < -0.39 is 36.0 Å². The van der Waals surface area contributed by atoms with Crippen LogP contribution in [0, 0.1) is 17.8 Å². The zero-order valence-electron chi connectivity index (χ0n) is 20.1. The van der Waals surface area contributed by atoms with E-state index in [9.17, 15) is 19.2 Å². The summed E-state index contributed by atoms with van der Waals surface area (Å²) in [6.07, 6.45) is 6.69. The van der Waals surface area contributed by atoms with Crippen molar-refractivity contribution in [2.45, 2.75) is 76.3 Å². The molecule has 8 nitrogen and oxygen atoms in total. The molecule has 0 unspecified atom stereocenters. The summed E-state index contributed by atoms with van der Waals surface area (Å²) in [6.45, 7) is 5.30. The van der Waals surface area contributed by atoms with Crippen molar-refractivity contribution in [3.05, 3.63) is 35.4 Å². The first-order chi connectivity index (χ1) is 16.1. The largest absolute Gasteiger partial charge is 0.332 e. The lowest BCUT2D eigenvalue weighted by atomic mass is 9.53. The molecule has 4 aliphatic carbocycles. The van der Waals surface area contributed by atoms with E-state index in [1.54, 1.807) is 6.92 Å². The monoisotopic (exact) mass is 466 g/mol. The van der Waals surface area contributed by atoms with Gasteiger partial charge in [0.2, 0.25) is 5.91 Å². The first-order valence-electron chi connectivity index (χ1n) is 12.4. The van der Waals surface area contributed by atoms with Gasteiger partial charge in [-0.05, 0) is 80.2 Å². The van der Waals surface area contributed by atoms with Gasteiger partial charge in [-0.3, -0.25) is 19.8 Å². The fourth-order valence-corrected chi connectivity index (χ4v) is 7.08. The number of nitrogens with one attached hydrogen (secondary N) is 3. The highest BCUT2D eigenvalue weighted by molar-refractivity contribution is 6.10. The molecule has 34 heavy (non-hydrogen) atoms. The zero-order chi connectivity index (χ0) is 24.3. The van der Waals surface area contributed by atoms with E-state index in [0.29, 0.717) is 29.2 Å². The molecule has 1 atom stereocenters. The van der Waals surface area contributed by atoms with Crippen molar-refractivity contribution in [1.82, 2.24) is 20.9 Å². The maximum atomic E-state index is 13.1. The van der Waals surface area contributed by atoms with Gasteiger partial charge in [-0.25, -0.2) is 9.59 Å². The molecular weight excluding hydrogens is 432 g/mol. The molecule has 3 N–H and O–H groups in total. The van der Waals surface area contributed by atoms with Crippen molar-refractivity contribution in [2.75, 3.05) is 6.54 Å². The third kappa shape index (κ3) is 3.97. The van der Waals surface area contributed by atoms with Crippen LogP contribution < -0.4 is 16.0 Å². The van der Waals surface area contributed by atoms with Gasteiger partial charge in [0.25, 0.3) is 5.91 Å². The highest BCUT2D eigenvalue weighted by Crippen LogP contribution is 2.55. The third-order valence-corrected chi connectivity index (χ3v) is 8.40. The Labute approximate surface area is 200 Å². The van der Waals surface area contributed by atoms with Crippen LogP contribution in [0.15, 0.2) is 24.3 Å². The van der Waals surface area contributed by atoms with Crippen molar-refractivity contribution in [3.63, 3.8) is 0 Å². The van der Waals surface area contributed by atoms with E-state index in [0.717, 1.165) is 29.7 Å². The Morgan fingerprint density at radius 2 is 1.59 bits per heavy atom. The minimum Gasteiger partial charge on any atom is -0.332 e. The van der Waals surface area contributed by atoms with E-state index in [1.165, 1.54) is 19.3 Å². The van der Waals surface area contributed by atoms with E-state index in [4.69, 9.17) is 0 Å². The standard InChI is InChI=1S/C26H34N4O4/c1-15(2)19-4-6-20(7-5-19)25(3)22(32)30(24(34)29-25)14-21(31)27-23(33)28-26-11-16-8-17(12-26)10-18(9-16)13-26/h4-7,15-18H,8-14H2,1-3H3,(H,29,34)(H2,27,28,31,33)/t16?,17?,18?,25-,26?/m0/s1. The number of urea groups is 2. The summed E-state index contributed by atoms with van der Waals surface area (Å²) in [5.41, 5.74) is 0.303. The van der Waals surface area contributed by atoms with Crippen LogP contribution in [0.2, 0.25) is 0 Å². The van der Waals surface area contributed by atoms with E-state index >= 15 is 0 Å². The summed E-state index contributed by atoms with van der Waals surface area (Å²) in [5, 5.41) is 8.15. The summed E-state index contributed by atoms with van der Waals surface area (Å²) in [4.78, 5) is 51.9. The fourth-order valence-electron chi connectivity index (χ4n) is 7.08. The lowest BCUT2D eigenvalue weighted by molar-refractivity contribution is -0.134. The summed E-state index contributed by atoms with van der Waals surface area (Å²) in [6, 6.07) is 6.36. The van der Waals surface area contributed by atoms with Crippen LogP contribution in [-0.4, -0.2) is 40.9 Å². The minimum absolute atomic E-state index is 0.222. The Morgan fingerprint density at radius 3 is 2.12 bits per heavy atom. The highest BCUT2D eigenvalue weighted by atomic mass is 16.2. The Morgan fingerprint density at radius 1 is 1.03 bits per heavy atom. The van der Waals surface area contributed by atoms with Crippen LogP contribution in [0.3, 0.4) is 0 Å². The molecule has 8 heteroatoms. The van der Waals surface area contributed by atoms with Gasteiger partial charge < -0.3 is 10.6 Å². The number of benzene rings is 1. The molecule has 5 aliphatic rings. The van der Waals surface area contributed by atoms with Gasteiger partial charge in [-0.2, -0.15) is 0 Å². The molecular formula is C26H34N4O4. The zero-order valence-corrected chi connectivity index (χ0v) is 20.1. The number of rotatable bonds is 5. The Hall–Kier alpha value is -2.90. The molecule has 1 saturated heterocycles. The molecule has 5 fully saturated rings. The first-order valence-corrected chi connectivity index (χ1v) is 12.4. The Bertz CT molecular complexity index is 998. The molecule has 6 rings (SSSR count). The Kier molecular flexibility index (Phi) is 5.45. The van der Waals surface area contributed by atoms with Gasteiger partial charge in [-0.15, -0.1) is 0 Å². The molecule has 182 valence electrons. The lowest BCUT2D eigenvalue weighted by Gasteiger charge is -2.56. The van der Waals surface area contributed by atoms with Crippen LogP contribution in [-0.2, 0) is 15.1 Å². The molecule has 0 radical (unpaired) electrons. The van der Waals surface area contributed by atoms with Crippen molar-refractivity contribution in [2.24, 2.45) is 17.8 Å². The van der Waals surface area contributed by atoms with Crippen LogP contribution >= 0.6 is 0 Å². The predicted molar refractivity (Wildman–Crippen MR) is 126 cm³/mol. The lowest BCUT2D eigenvalue weighted by Crippen LogP contribution is -2.62. The highest BCUT2D eigenvalue weighted by Gasteiger charge is 2.52. The van der Waals surface area contributed by atoms with Gasteiger partial charge in [0.1, 0.15) is 12.1 Å². The first kappa shape index (κ1) is 22.9. The van der Waals surface area contributed by atoms with Crippen LogP contribution in [0.1, 0.15) is 76.3 Å². The van der Waals surface area contributed by atoms with E-state index in [2.05, 4.69) is 29.8 Å². The molecule has 4 bridgehead atoms. The van der Waals surface area contributed by atoms with Crippen LogP contribution in [0.25, 0.3) is 0 Å². The maximum Gasteiger partial charge on any atom is 0.325 e. The topological polar surface area (TPSA) is 108 Å². The van der Waals surface area contributed by atoms with Crippen molar-refractivity contribution < 1.29 is 19.2 Å². The van der Waals surface area contributed by atoms with Crippen molar-refractivity contribution in [1.29, 1.82) is 0 Å². The summed E-state index contributed by atoms with van der Waals surface area (Å²) in [7, 11) is 0. The third-order valence-electron chi connectivity index (χ3n) is 8.40. The predicted octanol–water partition coefficient (Wildman–Crippen LogP) is 3.37. The number of carbonyl (C=O) groups is 4. The van der Waals surface area contributed by atoms with Crippen LogP contribution in [0.5, 0.6) is 0 Å². The molecule has 4 saturated carbocycles. The Balaban J connectivity index is 1.20. The maximum absolute atomic E-state index is 13.1. The average Bonchev–Trinajstić information content (AvgIpc) is 2.96. The van der Waals surface area contributed by atoms with Gasteiger partial charge >= 0.3 is 12.1 Å². The number of carbonyl (C=O) groups excluding carboxylic acids is 4. The molecule has 0 spiro atoms. The van der Waals surface area contributed by atoms with Gasteiger partial charge in [0, 0.05) is 5.54 Å². The minimum atomic E-state index is -1.26. The van der Waals surface area contributed by atoms with Gasteiger partial charge in [0.05, 0.1) is 0 Å². The molecule has 0 aromatic heterocycles. The number of hydrogen-bond acceptors (Lipinski definition) is 4. The van der Waals surface area contributed by atoms with E-state index in [1.807, 2.05) is 24.3 Å². The number of imide groups is 2. The smallest absolute Gasteiger partial charge is 0.325 e. The second kappa shape index (κ2) is 8.10. The quantitative estimate of drug-likeness (QED) is 0.578. The molecule has 6 amide bonds. The number of nitrogens with zero attached hydrogens (tertiary/aromatic N) is 1. The second-order valence-electron chi connectivity index (χ2n) is 11.4. The van der Waals surface area contributed by atoms with E-state index in [-0.39, 0.29) is 5.54 Å².